The molecule has 130 valence electrons. The number of hydrogen-bond acceptors (Lipinski definition) is 4. The summed E-state index contributed by atoms with van der Waals surface area (Å²) < 4.78 is 0. The van der Waals surface area contributed by atoms with E-state index in [1.54, 1.807) is 6.33 Å². The van der Waals surface area contributed by atoms with Crippen LogP contribution >= 0.6 is 0 Å². The molecule has 0 radical (unpaired) electrons. The Morgan fingerprint density at radius 3 is 2.52 bits per heavy atom. The van der Waals surface area contributed by atoms with E-state index in [0.29, 0.717) is 11.9 Å². The molecule has 0 spiro atoms. The number of aromatic nitrogens is 2. The molecule has 2 fully saturated rings. The summed E-state index contributed by atoms with van der Waals surface area (Å²) in [5.41, 5.74) is 1.89. The van der Waals surface area contributed by atoms with E-state index in [1.165, 1.54) is 5.56 Å². The lowest BCUT2D eigenvalue weighted by Gasteiger charge is -2.35. The SMILES string of the molecule is Cc1cc(NC2CCN(C(=O)C3(c4ccccc4)CC3)CC2)ncn1. The van der Waals surface area contributed by atoms with Gasteiger partial charge in [0.25, 0.3) is 0 Å². The molecule has 1 aromatic heterocycles. The number of nitrogens with zero attached hydrogens (tertiary/aromatic N) is 3. The summed E-state index contributed by atoms with van der Waals surface area (Å²) >= 11 is 0. The lowest BCUT2D eigenvalue weighted by atomic mass is 9.93. The molecule has 2 aliphatic rings. The smallest absolute Gasteiger partial charge is 0.233 e. The van der Waals surface area contributed by atoms with Crippen LogP contribution in [0.5, 0.6) is 0 Å². The zero-order chi connectivity index (χ0) is 17.3. The second-order valence-corrected chi connectivity index (χ2v) is 7.20. The molecule has 25 heavy (non-hydrogen) atoms. The molecule has 2 heterocycles. The van der Waals surface area contributed by atoms with Crippen LogP contribution in [0.15, 0.2) is 42.7 Å². The minimum Gasteiger partial charge on any atom is -0.367 e. The Morgan fingerprint density at radius 1 is 1.16 bits per heavy atom. The number of rotatable bonds is 4. The molecule has 0 unspecified atom stereocenters. The van der Waals surface area contributed by atoms with Gasteiger partial charge in [0.1, 0.15) is 12.1 Å². The molecular formula is C20H24N4O. The molecular weight excluding hydrogens is 312 g/mol. The summed E-state index contributed by atoms with van der Waals surface area (Å²) in [6.07, 6.45) is 5.47. The number of amides is 1. The molecule has 0 bridgehead atoms. The van der Waals surface area contributed by atoms with Crippen molar-refractivity contribution in [2.45, 2.75) is 44.1 Å². The maximum Gasteiger partial charge on any atom is 0.233 e. The second-order valence-electron chi connectivity index (χ2n) is 7.20. The Kier molecular flexibility index (Phi) is 4.15. The number of carbonyl (C=O) groups is 1. The van der Waals surface area contributed by atoms with E-state index >= 15 is 0 Å². The van der Waals surface area contributed by atoms with Crippen LogP contribution in [-0.2, 0) is 10.2 Å². The van der Waals surface area contributed by atoms with Gasteiger partial charge >= 0.3 is 0 Å². The first-order valence-corrected chi connectivity index (χ1v) is 9.07. The van der Waals surface area contributed by atoms with Crippen LogP contribution < -0.4 is 5.32 Å². The van der Waals surface area contributed by atoms with Crippen LogP contribution in [-0.4, -0.2) is 39.9 Å². The fourth-order valence-corrected chi connectivity index (χ4v) is 3.78. The summed E-state index contributed by atoms with van der Waals surface area (Å²) in [5, 5.41) is 3.48. The highest BCUT2D eigenvalue weighted by atomic mass is 16.2. The Balaban J connectivity index is 1.37. The summed E-state index contributed by atoms with van der Waals surface area (Å²) in [6.45, 7) is 3.59. The number of aryl methyl sites for hydroxylation is 1. The van der Waals surface area contributed by atoms with Gasteiger partial charge in [-0.1, -0.05) is 30.3 Å². The fraction of sp³-hybridized carbons (Fsp3) is 0.450. The van der Waals surface area contributed by atoms with Crippen LogP contribution in [0.1, 0.15) is 36.9 Å². The van der Waals surface area contributed by atoms with Gasteiger partial charge in [-0.25, -0.2) is 9.97 Å². The van der Waals surface area contributed by atoms with Crippen molar-refractivity contribution in [2.75, 3.05) is 18.4 Å². The monoisotopic (exact) mass is 336 g/mol. The van der Waals surface area contributed by atoms with E-state index < -0.39 is 0 Å². The van der Waals surface area contributed by atoms with Gasteiger partial charge in [-0.15, -0.1) is 0 Å². The highest BCUT2D eigenvalue weighted by molar-refractivity contribution is 5.91. The lowest BCUT2D eigenvalue weighted by Crippen LogP contribution is -2.46. The first-order chi connectivity index (χ1) is 12.2. The van der Waals surface area contributed by atoms with Crippen molar-refractivity contribution in [3.63, 3.8) is 0 Å². The Hall–Kier alpha value is -2.43. The van der Waals surface area contributed by atoms with E-state index in [9.17, 15) is 4.79 Å². The fourth-order valence-electron chi connectivity index (χ4n) is 3.78. The summed E-state index contributed by atoms with van der Waals surface area (Å²) in [6, 6.07) is 12.6. The molecule has 0 atom stereocenters. The van der Waals surface area contributed by atoms with Crippen molar-refractivity contribution in [3.05, 3.63) is 54.0 Å². The van der Waals surface area contributed by atoms with E-state index in [-0.39, 0.29) is 5.41 Å². The van der Waals surface area contributed by atoms with Crippen LogP contribution in [0, 0.1) is 6.92 Å². The van der Waals surface area contributed by atoms with Gasteiger partial charge < -0.3 is 10.2 Å². The molecule has 2 aromatic rings. The quantitative estimate of drug-likeness (QED) is 0.933. The Bertz CT molecular complexity index is 749. The average Bonchev–Trinajstić information content (AvgIpc) is 3.45. The number of likely N-dealkylation sites (tertiary alicyclic amines) is 1. The maximum absolute atomic E-state index is 13.1. The van der Waals surface area contributed by atoms with Gasteiger partial charge in [-0.05, 0) is 38.2 Å². The van der Waals surface area contributed by atoms with Gasteiger partial charge in [0, 0.05) is 30.9 Å². The van der Waals surface area contributed by atoms with Crippen LogP contribution in [0.3, 0.4) is 0 Å². The normalized spacial score (nSPS) is 19.5. The van der Waals surface area contributed by atoms with Crippen LogP contribution in [0.4, 0.5) is 5.82 Å². The molecule has 1 aliphatic heterocycles. The van der Waals surface area contributed by atoms with Crippen molar-refractivity contribution < 1.29 is 4.79 Å². The van der Waals surface area contributed by atoms with Crippen LogP contribution in [0.25, 0.3) is 0 Å². The van der Waals surface area contributed by atoms with Crippen molar-refractivity contribution in [1.29, 1.82) is 0 Å². The first kappa shape index (κ1) is 16.1. The number of benzene rings is 1. The van der Waals surface area contributed by atoms with Gasteiger partial charge in [0.05, 0.1) is 5.41 Å². The molecule has 5 nitrogen and oxygen atoms in total. The Morgan fingerprint density at radius 2 is 1.88 bits per heavy atom. The highest BCUT2D eigenvalue weighted by Crippen LogP contribution is 2.49. The predicted octanol–water partition coefficient (Wildman–Crippen LogP) is 2.92. The van der Waals surface area contributed by atoms with Gasteiger partial charge in [-0.3, -0.25) is 4.79 Å². The topological polar surface area (TPSA) is 58.1 Å². The lowest BCUT2D eigenvalue weighted by molar-refractivity contribution is -0.134. The largest absolute Gasteiger partial charge is 0.367 e. The van der Waals surface area contributed by atoms with Crippen molar-refractivity contribution >= 4 is 11.7 Å². The number of hydrogen-bond donors (Lipinski definition) is 1. The number of nitrogens with one attached hydrogen (secondary N) is 1. The van der Waals surface area contributed by atoms with E-state index in [4.69, 9.17) is 0 Å². The zero-order valence-corrected chi connectivity index (χ0v) is 14.6. The van der Waals surface area contributed by atoms with Crippen molar-refractivity contribution in [2.24, 2.45) is 0 Å². The summed E-state index contributed by atoms with van der Waals surface area (Å²) in [7, 11) is 0. The van der Waals surface area contributed by atoms with E-state index in [0.717, 1.165) is 50.3 Å². The molecule has 1 saturated carbocycles. The molecule has 1 amide bonds. The molecule has 4 rings (SSSR count). The van der Waals surface area contributed by atoms with Crippen molar-refractivity contribution in [1.82, 2.24) is 14.9 Å². The molecule has 1 aliphatic carbocycles. The Labute approximate surface area is 148 Å². The van der Waals surface area contributed by atoms with E-state index in [2.05, 4.69) is 32.3 Å². The minimum atomic E-state index is -0.245. The minimum absolute atomic E-state index is 0.245. The van der Waals surface area contributed by atoms with Gasteiger partial charge in [-0.2, -0.15) is 0 Å². The molecule has 1 N–H and O–H groups in total. The summed E-state index contributed by atoms with van der Waals surface area (Å²) in [5.74, 6) is 1.19. The molecule has 1 aromatic carbocycles. The highest BCUT2D eigenvalue weighted by Gasteiger charge is 2.53. The number of anilines is 1. The third-order valence-electron chi connectivity index (χ3n) is 5.42. The zero-order valence-electron chi connectivity index (χ0n) is 14.6. The third-order valence-corrected chi connectivity index (χ3v) is 5.42. The van der Waals surface area contributed by atoms with Gasteiger partial charge in [0.2, 0.25) is 5.91 Å². The predicted molar refractivity (Wildman–Crippen MR) is 97.3 cm³/mol. The number of carbonyl (C=O) groups excluding carboxylic acids is 1. The van der Waals surface area contributed by atoms with Gasteiger partial charge in [0.15, 0.2) is 0 Å². The average molecular weight is 336 g/mol. The molecule has 1 saturated heterocycles. The standard InChI is InChI=1S/C20H24N4O/c1-15-13-18(22-14-21-15)23-17-7-11-24(12-8-17)19(25)20(9-10-20)16-5-3-2-4-6-16/h2-6,13-14,17H,7-12H2,1H3,(H,21,22,23). The maximum atomic E-state index is 13.1. The first-order valence-electron chi connectivity index (χ1n) is 9.07. The van der Waals surface area contributed by atoms with E-state index in [1.807, 2.05) is 31.2 Å². The number of piperidine rings is 1. The molecule has 5 heteroatoms. The summed E-state index contributed by atoms with van der Waals surface area (Å²) in [4.78, 5) is 23.5. The van der Waals surface area contributed by atoms with Crippen molar-refractivity contribution in [3.8, 4) is 0 Å². The second kappa shape index (κ2) is 6.47. The van der Waals surface area contributed by atoms with Crippen LogP contribution in [0.2, 0.25) is 0 Å². The third kappa shape index (κ3) is 3.23.